The first-order valence-electron chi connectivity index (χ1n) is 22.5. The molecule has 55 heavy (non-hydrogen) atoms. The Morgan fingerprint density at radius 3 is 2.27 bits per heavy atom. The van der Waals surface area contributed by atoms with Gasteiger partial charge in [-0.15, -0.1) is 0 Å². The molecule has 1 aliphatic heterocycles. The third kappa shape index (κ3) is 16.9. The minimum atomic E-state index is -0.949. The van der Waals surface area contributed by atoms with Crippen molar-refractivity contribution in [3.63, 3.8) is 0 Å². The molecule has 3 aliphatic rings. The van der Waals surface area contributed by atoms with Crippen LogP contribution in [0.15, 0.2) is 36.0 Å². The van der Waals surface area contributed by atoms with E-state index >= 15 is 0 Å². The van der Waals surface area contributed by atoms with Crippen LogP contribution in [-0.4, -0.2) is 70.3 Å². The molecule has 2 amide bonds. The third-order valence-electron chi connectivity index (χ3n) is 12.6. The van der Waals surface area contributed by atoms with E-state index in [0.717, 1.165) is 38.5 Å². The Bertz CT molecular complexity index is 1240. The lowest BCUT2D eigenvalue weighted by atomic mass is 9.65. The molecule has 0 aromatic rings. The van der Waals surface area contributed by atoms with Crippen molar-refractivity contribution < 1.29 is 29.3 Å². The first kappa shape index (κ1) is 46.9. The van der Waals surface area contributed by atoms with Crippen LogP contribution in [0.25, 0.3) is 0 Å². The summed E-state index contributed by atoms with van der Waals surface area (Å²) in [6.45, 7) is 13.7. The molecule has 0 spiro atoms. The second-order valence-corrected chi connectivity index (χ2v) is 18.0. The number of fused-ring (bicyclic) bond motifs is 1. The van der Waals surface area contributed by atoms with Crippen molar-refractivity contribution in [2.45, 2.75) is 201 Å². The molecule has 8 heteroatoms. The number of esters is 1. The SMILES string of the molecule is CCCCCCCCC=CCCCCCCCC(=O)N1CC[C@@H](NC(=O)C[C@H](O)C[C@@H](O)CC[C@@H]2C3C(=C[C@H](C)CC3OC(=O)C(C)(C)CC)C=C[C@@H]2C)C1. The molecule has 2 unspecified atom stereocenters. The molecule has 0 radical (unpaired) electrons. The summed E-state index contributed by atoms with van der Waals surface area (Å²) in [7, 11) is 0. The van der Waals surface area contributed by atoms with E-state index in [1.807, 2.05) is 25.7 Å². The molecule has 1 fully saturated rings. The van der Waals surface area contributed by atoms with Gasteiger partial charge in [0.1, 0.15) is 6.10 Å². The van der Waals surface area contributed by atoms with Crippen molar-refractivity contribution in [3.8, 4) is 0 Å². The van der Waals surface area contributed by atoms with Gasteiger partial charge in [0.2, 0.25) is 11.8 Å². The molecule has 2 aliphatic carbocycles. The van der Waals surface area contributed by atoms with Gasteiger partial charge in [-0.3, -0.25) is 14.4 Å². The summed E-state index contributed by atoms with van der Waals surface area (Å²) in [6, 6.07) is -0.103. The maximum Gasteiger partial charge on any atom is 0.311 e. The molecule has 3 rings (SSSR count). The quantitative estimate of drug-likeness (QED) is 0.0459. The van der Waals surface area contributed by atoms with Gasteiger partial charge in [0.25, 0.3) is 0 Å². The minimum absolute atomic E-state index is 0.0718. The van der Waals surface area contributed by atoms with Crippen LogP contribution in [0, 0.1) is 29.1 Å². The number of hydrogen-bond donors (Lipinski definition) is 3. The number of hydrogen-bond acceptors (Lipinski definition) is 6. The summed E-state index contributed by atoms with van der Waals surface area (Å²) in [4.78, 5) is 40.6. The largest absolute Gasteiger partial charge is 0.461 e. The van der Waals surface area contributed by atoms with Crippen LogP contribution in [0.3, 0.4) is 0 Å². The van der Waals surface area contributed by atoms with Crippen LogP contribution in [-0.2, 0) is 19.1 Å². The van der Waals surface area contributed by atoms with Crippen LogP contribution in [0.1, 0.15) is 176 Å². The van der Waals surface area contributed by atoms with E-state index in [0.29, 0.717) is 38.3 Å². The Morgan fingerprint density at radius 1 is 0.945 bits per heavy atom. The molecule has 0 aromatic heterocycles. The zero-order valence-electron chi connectivity index (χ0n) is 35.7. The number of ether oxygens (including phenoxy) is 1. The number of likely N-dealkylation sites (tertiary alicyclic amines) is 1. The summed E-state index contributed by atoms with van der Waals surface area (Å²) in [5, 5.41) is 24.7. The maximum absolute atomic E-state index is 13.1. The number of allylic oxidation sites excluding steroid dienone is 5. The Hall–Kier alpha value is -2.45. The molecular formula is C47H80N2O6. The number of carbonyl (C=O) groups excluding carboxylic acids is 3. The van der Waals surface area contributed by atoms with E-state index in [-0.39, 0.29) is 60.5 Å². The Kier molecular flexibility index (Phi) is 21.4. The van der Waals surface area contributed by atoms with Gasteiger partial charge in [0, 0.05) is 31.5 Å². The van der Waals surface area contributed by atoms with E-state index in [1.165, 1.54) is 69.8 Å². The summed E-state index contributed by atoms with van der Waals surface area (Å²) >= 11 is 0. The fourth-order valence-corrected chi connectivity index (χ4v) is 8.67. The van der Waals surface area contributed by atoms with E-state index in [4.69, 9.17) is 4.74 Å². The van der Waals surface area contributed by atoms with Crippen LogP contribution in [0.2, 0.25) is 0 Å². The summed E-state index contributed by atoms with van der Waals surface area (Å²) in [6.07, 6.45) is 29.6. The van der Waals surface area contributed by atoms with Crippen LogP contribution in [0.4, 0.5) is 0 Å². The molecule has 0 saturated carbocycles. The van der Waals surface area contributed by atoms with Gasteiger partial charge in [-0.25, -0.2) is 0 Å². The van der Waals surface area contributed by atoms with E-state index < -0.39 is 17.6 Å². The van der Waals surface area contributed by atoms with Crippen LogP contribution < -0.4 is 5.32 Å². The highest BCUT2D eigenvalue weighted by Gasteiger charge is 2.43. The predicted molar refractivity (Wildman–Crippen MR) is 224 cm³/mol. The number of carbonyl (C=O) groups is 3. The fraction of sp³-hybridized carbons (Fsp3) is 0.809. The van der Waals surface area contributed by atoms with E-state index in [2.05, 4.69) is 56.5 Å². The standard InChI is InChI=1S/C47H80N2O6/c1-7-9-10-11-12-13-14-15-16-17-18-19-20-21-22-23-44(53)49-29-28-38(34-49)48-43(52)33-40(51)32-39(50)26-27-41-36(4)24-25-37-30-35(3)31-42(45(37)41)55-46(54)47(5,6)8-2/h15-16,24-25,30,35-36,38-42,45,50-51H,7-14,17-23,26-29,31-34H2,1-6H3,(H,48,52)/t35-,36-,38+,39-,40+,41-,42?,45?/m0/s1. The normalized spacial score (nSPS) is 25.1. The van der Waals surface area contributed by atoms with Gasteiger partial charge in [0.15, 0.2) is 0 Å². The third-order valence-corrected chi connectivity index (χ3v) is 12.6. The topological polar surface area (TPSA) is 116 Å². The number of nitrogens with zero attached hydrogens (tertiary/aromatic N) is 1. The molecule has 1 saturated heterocycles. The molecule has 8 atom stereocenters. The zero-order chi connectivity index (χ0) is 40.2. The highest BCUT2D eigenvalue weighted by molar-refractivity contribution is 5.78. The lowest BCUT2D eigenvalue weighted by Crippen LogP contribution is -2.43. The average molecular weight is 769 g/mol. The second-order valence-electron chi connectivity index (χ2n) is 18.0. The van der Waals surface area contributed by atoms with Gasteiger partial charge < -0.3 is 25.2 Å². The average Bonchev–Trinajstić information content (AvgIpc) is 3.61. The van der Waals surface area contributed by atoms with Crippen molar-refractivity contribution in [1.29, 1.82) is 0 Å². The van der Waals surface area contributed by atoms with Gasteiger partial charge in [0.05, 0.1) is 24.0 Å². The Balaban J connectivity index is 1.29. The highest BCUT2D eigenvalue weighted by Crippen LogP contribution is 2.45. The van der Waals surface area contributed by atoms with E-state index in [9.17, 15) is 24.6 Å². The highest BCUT2D eigenvalue weighted by atomic mass is 16.5. The van der Waals surface area contributed by atoms with Crippen molar-refractivity contribution >= 4 is 17.8 Å². The van der Waals surface area contributed by atoms with Gasteiger partial charge >= 0.3 is 5.97 Å². The van der Waals surface area contributed by atoms with Crippen LogP contribution >= 0.6 is 0 Å². The summed E-state index contributed by atoms with van der Waals surface area (Å²) < 4.78 is 6.23. The lowest BCUT2D eigenvalue weighted by Gasteiger charge is -2.44. The Labute approximate surface area is 335 Å². The molecule has 1 heterocycles. The molecule has 0 bridgehead atoms. The molecule has 314 valence electrons. The molecule has 8 nitrogen and oxygen atoms in total. The molecule has 0 aromatic carbocycles. The predicted octanol–water partition coefficient (Wildman–Crippen LogP) is 9.78. The summed E-state index contributed by atoms with van der Waals surface area (Å²) in [5.41, 5.74) is 0.683. The fourth-order valence-electron chi connectivity index (χ4n) is 8.67. The summed E-state index contributed by atoms with van der Waals surface area (Å²) in [5.74, 6) is 0.629. The van der Waals surface area contributed by atoms with Gasteiger partial charge in [-0.1, -0.05) is 109 Å². The van der Waals surface area contributed by atoms with Crippen molar-refractivity contribution in [2.75, 3.05) is 13.1 Å². The Morgan fingerprint density at radius 2 is 1.60 bits per heavy atom. The van der Waals surface area contributed by atoms with E-state index in [1.54, 1.807) is 0 Å². The number of unbranched alkanes of at least 4 members (excludes halogenated alkanes) is 11. The first-order valence-corrected chi connectivity index (χ1v) is 22.5. The van der Waals surface area contributed by atoms with Crippen molar-refractivity contribution in [1.82, 2.24) is 10.2 Å². The smallest absolute Gasteiger partial charge is 0.311 e. The number of nitrogens with one attached hydrogen (secondary N) is 1. The number of rotatable bonds is 26. The van der Waals surface area contributed by atoms with Crippen molar-refractivity contribution in [2.24, 2.45) is 29.1 Å². The van der Waals surface area contributed by atoms with Gasteiger partial charge in [-0.2, -0.15) is 0 Å². The molecular weight excluding hydrogens is 689 g/mol. The van der Waals surface area contributed by atoms with Crippen LogP contribution in [0.5, 0.6) is 0 Å². The lowest BCUT2D eigenvalue weighted by molar-refractivity contribution is -0.164. The monoisotopic (exact) mass is 769 g/mol. The van der Waals surface area contributed by atoms with Gasteiger partial charge in [-0.05, 0) is 108 Å². The zero-order valence-corrected chi connectivity index (χ0v) is 35.7. The number of amides is 2. The first-order chi connectivity index (χ1) is 26.3. The maximum atomic E-state index is 13.1. The molecule has 3 N–H and O–H groups in total. The second kappa shape index (κ2) is 25.0. The minimum Gasteiger partial charge on any atom is -0.461 e. The van der Waals surface area contributed by atoms with Crippen molar-refractivity contribution in [3.05, 3.63) is 36.0 Å². The number of aliphatic hydroxyl groups is 2. The number of aliphatic hydroxyl groups excluding tert-OH is 2.